The van der Waals surface area contributed by atoms with Gasteiger partial charge < -0.3 is 9.47 Å². The minimum absolute atomic E-state index is 0.140. The zero-order valence-electron chi connectivity index (χ0n) is 7.75. The highest BCUT2D eigenvalue weighted by Gasteiger charge is 2.27. The van der Waals surface area contributed by atoms with Crippen LogP contribution in [0.15, 0.2) is 18.2 Å². The van der Waals surface area contributed by atoms with Crippen molar-refractivity contribution in [3.8, 4) is 0 Å². The van der Waals surface area contributed by atoms with Crippen molar-refractivity contribution in [2.24, 2.45) is 0 Å². The van der Waals surface area contributed by atoms with Gasteiger partial charge in [-0.25, -0.2) is 4.39 Å². The molecule has 2 unspecified atom stereocenters. The van der Waals surface area contributed by atoms with E-state index in [1.807, 2.05) is 0 Å². The van der Waals surface area contributed by atoms with Crippen molar-refractivity contribution in [3.05, 3.63) is 34.6 Å². The van der Waals surface area contributed by atoms with Crippen LogP contribution in [0.25, 0.3) is 0 Å². The zero-order chi connectivity index (χ0) is 10.8. The van der Waals surface area contributed by atoms with Crippen LogP contribution in [0, 0.1) is 5.82 Å². The standard InChI is InChI=1S/C10H9Cl2FO2/c11-4-9-5-14-10(15-9)6-1-7(12)3-8(13)2-6/h1-3,9-10H,4-5H2. The Kier molecular flexibility index (Phi) is 3.46. The number of hydrogen-bond acceptors (Lipinski definition) is 2. The Bertz CT molecular complexity index is 339. The fourth-order valence-electron chi connectivity index (χ4n) is 1.42. The number of benzene rings is 1. The van der Waals surface area contributed by atoms with Crippen molar-refractivity contribution in [2.75, 3.05) is 12.5 Å². The van der Waals surface area contributed by atoms with Crippen LogP contribution in [0.2, 0.25) is 5.02 Å². The molecule has 15 heavy (non-hydrogen) atoms. The van der Waals surface area contributed by atoms with E-state index in [-0.39, 0.29) is 6.10 Å². The molecule has 0 spiro atoms. The highest BCUT2D eigenvalue weighted by atomic mass is 35.5. The van der Waals surface area contributed by atoms with E-state index in [1.165, 1.54) is 12.1 Å². The molecule has 1 aromatic rings. The maximum Gasteiger partial charge on any atom is 0.184 e. The molecule has 82 valence electrons. The van der Waals surface area contributed by atoms with Gasteiger partial charge in [-0.05, 0) is 18.2 Å². The molecule has 0 amide bonds. The molecule has 0 bridgehead atoms. The molecule has 1 fully saturated rings. The third-order valence-electron chi connectivity index (χ3n) is 2.08. The van der Waals surface area contributed by atoms with Crippen LogP contribution in [0.4, 0.5) is 4.39 Å². The number of rotatable bonds is 2. The summed E-state index contributed by atoms with van der Waals surface area (Å²) in [5.74, 6) is -0.0430. The van der Waals surface area contributed by atoms with E-state index >= 15 is 0 Å². The lowest BCUT2D eigenvalue weighted by Gasteiger charge is -2.10. The van der Waals surface area contributed by atoms with Crippen LogP contribution < -0.4 is 0 Å². The maximum absolute atomic E-state index is 13.0. The first-order chi connectivity index (χ1) is 7.19. The summed E-state index contributed by atoms with van der Waals surface area (Å²) in [6.07, 6.45) is -0.708. The van der Waals surface area contributed by atoms with Crippen LogP contribution in [0.3, 0.4) is 0 Å². The lowest BCUT2D eigenvalue weighted by Crippen LogP contribution is -2.10. The summed E-state index contributed by atoms with van der Waals surface area (Å²) in [6.45, 7) is 0.419. The van der Waals surface area contributed by atoms with E-state index in [2.05, 4.69) is 0 Å². The molecule has 1 aliphatic heterocycles. The molecular weight excluding hydrogens is 242 g/mol. The SMILES string of the molecule is Fc1cc(Cl)cc(C2OCC(CCl)O2)c1. The van der Waals surface area contributed by atoms with E-state index in [0.29, 0.717) is 23.1 Å². The quantitative estimate of drug-likeness (QED) is 0.752. The number of hydrogen-bond donors (Lipinski definition) is 0. The summed E-state index contributed by atoms with van der Waals surface area (Å²) in [4.78, 5) is 0. The Balaban J connectivity index is 2.16. The predicted octanol–water partition coefficient (Wildman–Crippen LogP) is 3.13. The largest absolute Gasteiger partial charge is 0.346 e. The van der Waals surface area contributed by atoms with Gasteiger partial charge in [0.15, 0.2) is 6.29 Å². The Morgan fingerprint density at radius 3 is 2.80 bits per heavy atom. The minimum Gasteiger partial charge on any atom is -0.346 e. The van der Waals surface area contributed by atoms with Crippen molar-refractivity contribution in [1.82, 2.24) is 0 Å². The number of ether oxygens (including phenoxy) is 2. The van der Waals surface area contributed by atoms with Gasteiger partial charge in [-0.15, -0.1) is 11.6 Å². The summed E-state index contributed by atoms with van der Waals surface area (Å²) in [5.41, 5.74) is 0.576. The lowest BCUT2D eigenvalue weighted by molar-refractivity contribution is -0.0568. The highest BCUT2D eigenvalue weighted by molar-refractivity contribution is 6.30. The molecule has 2 atom stereocenters. The molecular formula is C10H9Cl2FO2. The Labute approximate surface area is 96.9 Å². The first-order valence-corrected chi connectivity index (χ1v) is 5.39. The van der Waals surface area contributed by atoms with E-state index in [4.69, 9.17) is 32.7 Å². The van der Waals surface area contributed by atoms with Crippen LogP contribution in [-0.4, -0.2) is 18.6 Å². The normalized spacial score (nSPS) is 25.8. The van der Waals surface area contributed by atoms with Gasteiger partial charge >= 0.3 is 0 Å². The topological polar surface area (TPSA) is 18.5 Å². The van der Waals surface area contributed by atoms with E-state index in [1.54, 1.807) is 6.07 Å². The predicted molar refractivity (Wildman–Crippen MR) is 55.7 cm³/mol. The molecule has 0 N–H and O–H groups in total. The fraction of sp³-hybridized carbons (Fsp3) is 0.400. The molecule has 2 nitrogen and oxygen atoms in total. The highest BCUT2D eigenvalue weighted by Crippen LogP contribution is 2.29. The zero-order valence-corrected chi connectivity index (χ0v) is 9.26. The molecule has 2 rings (SSSR count). The Morgan fingerprint density at radius 1 is 1.40 bits per heavy atom. The molecule has 1 saturated heterocycles. The Morgan fingerprint density at radius 2 is 2.20 bits per heavy atom. The van der Waals surface area contributed by atoms with Crippen molar-refractivity contribution in [2.45, 2.75) is 12.4 Å². The average molecular weight is 251 g/mol. The Hall–Kier alpha value is -0.350. The van der Waals surface area contributed by atoms with Crippen molar-refractivity contribution >= 4 is 23.2 Å². The molecule has 5 heteroatoms. The molecule has 0 aromatic heterocycles. The molecule has 0 radical (unpaired) electrons. The van der Waals surface area contributed by atoms with E-state index in [0.717, 1.165) is 0 Å². The van der Waals surface area contributed by atoms with Crippen LogP contribution in [0.1, 0.15) is 11.9 Å². The summed E-state index contributed by atoms with van der Waals surface area (Å²) < 4.78 is 23.8. The second-order valence-corrected chi connectivity index (χ2v) is 4.03. The third kappa shape index (κ3) is 2.61. The molecule has 1 aliphatic rings. The first kappa shape index (κ1) is 11.1. The second-order valence-electron chi connectivity index (χ2n) is 3.28. The lowest BCUT2D eigenvalue weighted by atomic mass is 10.2. The molecule has 1 heterocycles. The number of alkyl halides is 1. The maximum atomic E-state index is 13.0. The van der Waals surface area contributed by atoms with Crippen LogP contribution in [-0.2, 0) is 9.47 Å². The second kappa shape index (κ2) is 4.66. The van der Waals surface area contributed by atoms with Gasteiger partial charge in [-0.2, -0.15) is 0 Å². The van der Waals surface area contributed by atoms with Gasteiger partial charge in [0, 0.05) is 10.6 Å². The van der Waals surface area contributed by atoms with Crippen molar-refractivity contribution in [3.63, 3.8) is 0 Å². The molecule has 1 aromatic carbocycles. The molecule has 0 saturated carbocycles. The van der Waals surface area contributed by atoms with Gasteiger partial charge in [0.2, 0.25) is 0 Å². The van der Waals surface area contributed by atoms with Gasteiger partial charge in [0.25, 0.3) is 0 Å². The van der Waals surface area contributed by atoms with Crippen LogP contribution in [0.5, 0.6) is 0 Å². The summed E-state index contributed by atoms with van der Waals surface area (Å²) in [6, 6.07) is 4.19. The van der Waals surface area contributed by atoms with E-state index < -0.39 is 12.1 Å². The molecule has 0 aliphatic carbocycles. The fourth-order valence-corrected chi connectivity index (χ4v) is 1.81. The monoisotopic (exact) mass is 250 g/mol. The van der Waals surface area contributed by atoms with Gasteiger partial charge in [-0.1, -0.05) is 11.6 Å². The summed E-state index contributed by atoms with van der Waals surface area (Å²) >= 11 is 11.3. The smallest absolute Gasteiger partial charge is 0.184 e. The minimum atomic E-state index is -0.568. The van der Waals surface area contributed by atoms with Gasteiger partial charge in [-0.3, -0.25) is 0 Å². The summed E-state index contributed by atoms with van der Waals surface area (Å²) in [7, 11) is 0. The van der Waals surface area contributed by atoms with Gasteiger partial charge in [0.05, 0.1) is 18.6 Å². The third-order valence-corrected chi connectivity index (χ3v) is 2.64. The summed E-state index contributed by atoms with van der Waals surface area (Å²) in [5, 5.41) is 0.325. The average Bonchev–Trinajstić information content (AvgIpc) is 2.64. The van der Waals surface area contributed by atoms with Gasteiger partial charge in [0.1, 0.15) is 5.82 Å². The van der Waals surface area contributed by atoms with Crippen LogP contribution >= 0.6 is 23.2 Å². The van der Waals surface area contributed by atoms with Crippen molar-refractivity contribution in [1.29, 1.82) is 0 Å². The van der Waals surface area contributed by atoms with Crippen molar-refractivity contribution < 1.29 is 13.9 Å². The van der Waals surface area contributed by atoms with E-state index in [9.17, 15) is 4.39 Å². The first-order valence-electron chi connectivity index (χ1n) is 4.48. The number of halogens is 3.